The first-order valence-corrected chi connectivity index (χ1v) is 9.23. The van der Waals surface area contributed by atoms with E-state index in [-0.39, 0.29) is 17.0 Å². The molecule has 0 aliphatic rings. The van der Waals surface area contributed by atoms with Crippen molar-refractivity contribution in [1.82, 2.24) is 9.97 Å². The zero-order valence-corrected chi connectivity index (χ0v) is 16.4. The number of para-hydroxylation sites is 1. The van der Waals surface area contributed by atoms with E-state index in [0.29, 0.717) is 33.9 Å². The Balaban J connectivity index is 2.16. The molecule has 0 saturated heterocycles. The number of aryl methyl sites for hydroxylation is 2. The van der Waals surface area contributed by atoms with E-state index in [9.17, 15) is 10.1 Å². The average Bonchev–Trinajstić information content (AvgIpc) is 2.94. The third kappa shape index (κ3) is 3.44. The molecule has 27 heavy (non-hydrogen) atoms. The van der Waals surface area contributed by atoms with Gasteiger partial charge in [0.1, 0.15) is 10.9 Å². The van der Waals surface area contributed by atoms with Crippen molar-refractivity contribution in [1.29, 1.82) is 5.26 Å². The van der Waals surface area contributed by atoms with Gasteiger partial charge in [-0.1, -0.05) is 12.1 Å². The number of H-pyrrole nitrogens is 1. The van der Waals surface area contributed by atoms with Gasteiger partial charge < -0.3 is 14.5 Å². The van der Waals surface area contributed by atoms with Crippen molar-refractivity contribution in [2.24, 2.45) is 0 Å². The summed E-state index contributed by atoms with van der Waals surface area (Å²) in [6, 6.07) is 7.55. The summed E-state index contributed by atoms with van der Waals surface area (Å²) >= 11 is 1.45. The van der Waals surface area contributed by atoms with Gasteiger partial charge in [-0.15, -0.1) is 11.3 Å². The number of benzene rings is 1. The van der Waals surface area contributed by atoms with Crippen LogP contribution in [-0.4, -0.2) is 23.7 Å². The molecule has 0 amide bonds. The lowest BCUT2D eigenvalue weighted by molar-refractivity contribution is 0.310. The fraction of sp³-hybridized carbons (Fsp3) is 0.250. The highest BCUT2D eigenvalue weighted by Crippen LogP contribution is 2.33. The first-order chi connectivity index (χ1) is 13.0. The highest BCUT2D eigenvalue weighted by Gasteiger charge is 2.15. The van der Waals surface area contributed by atoms with E-state index in [4.69, 9.17) is 9.47 Å². The van der Waals surface area contributed by atoms with Gasteiger partial charge in [-0.25, -0.2) is 4.98 Å². The molecule has 0 atom stereocenters. The number of aromatic nitrogens is 2. The van der Waals surface area contributed by atoms with Crippen LogP contribution in [0.4, 0.5) is 0 Å². The second-order valence-electron chi connectivity index (χ2n) is 5.86. The van der Waals surface area contributed by atoms with Crippen LogP contribution in [0.3, 0.4) is 0 Å². The smallest absolute Gasteiger partial charge is 0.260 e. The van der Waals surface area contributed by atoms with Crippen molar-refractivity contribution in [3.63, 3.8) is 0 Å². The minimum absolute atomic E-state index is 0.236. The van der Waals surface area contributed by atoms with Gasteiger partial charge >= 0.3 is 0 Å². The monoisotopic (exact) mass is 381 g/mol. The minimum Gasteiger partial charge on any atom is -0.492 e. The highest BCUT2D eigenvalue weighted by atomic mass is 32.1. The van der Waals surface area contributed by atoms with Crippen molar-refractivity contribution in [2.75, 3.05) is 13.7 Å². The van der Waals surface area contributed by atoms with E-state index in [2.05, 4.69) is 16.0 Å². The summed E-state index contributed by atoms with van der Waals surface area (Å²) in [7, 11) is 1.55. The molecule has 0 radical (unpaired) electrons. The number of ether oxygens (including phenoxy) is 2. The van der Waals surface area contributed by atoms with Gasteiger partial charge in [0.05, 0.1) is 24.7 Å². The number of nitriles is 1. The van der Waals surface area contributed by atoms with E-state index in [1.54, 1.807) is 19.3 Å². The maximum absolute atomic E-state index is 12.5. The lowest BCUT2D eigenvalue weighted by atomic mass is 10.1. The van der Waals surface area contributed by atoms with Crippen molar-refractivity contribution >= 4 is 33.2 Å². The van der Waals surface area contributed by atoms with Crippen LogP contribution in [0.5, 0.6) is 11.5 Å². The largest absolute Gasteiger partial charge is 0.492 e. The third-order valence-corrected chi connectivity index (χ3v) is 5.33. The summed E-state index contributed by atoms with van der Waals surface area (Å²) in [6.07, 6.45) is 1.64. The SMILES string of the molecule is CCOc1cccc(/C=C(\C#N)c2nc3sc(C)c(C)c3c(=O)[nH]2)c1OC. The Labute approximate surface area is 160 Å². The molecule has 1 aromatic carbocycles. The summed E-state index contributed by atoms with van der Waals surface area (Å²) < 4.78 is 11.0. The highest BCUT2D eigenvalue weighted by molar-refractivity contribution is 7.18. The Hall–Kier alpha value is -3.11. The van der Waals surface area contributed by atoms with E-state index in [0.717, 1.165) is 10.4 Å². The predicted octanol–water partition coefficient (Wildman–Crippen LogP) is 4.07. The molecule has 1 N–H and O–H groups in total. The number of fused-ring (bicyclic) bond motifs is 1. The van der Waals surface area contributed by atoms with Crippen molar-refractivity contribution in [2.45, 2.75) is 20.8 Å². The molecule has 0 fully saturated rings. The van der Waals surface area contributed by atoms with E-state index in [1.165, 1.54) is 11.3 Å². The van der Waals surface area contributed by atoms with Gasteiger partial charge in [0.2, 0.25) is 0 Å². The Morgan fingerprint density at radius 1 is 1.41 bits per heavy atom. The second-order valence-corrected chi connectivity index (χ2v) is 7.06. The van der Waals surface area contributed by atoms with E-state index in [1.807, 2.05) is 32.9 Å². The van der Waals surface area contributed by atoms with Crippen LogP contribution in [0, 0.1) is 25.2 Å². The Morgan fingerprint density at radius 2 is 2.19 bits per heavy atom. The van der Waals surface area contributed by atoms with Crippen LogP contribution in [-0.2, 0) is 0 Å². The standard InChI is InChI=1S/C20H19N3O3S/c1-5-26-15-8-6-7-13(17(15)25-4)9-14(10-21)18-22-19(24)16-11(2)12(3)27-20(16)23-18/h6-9H,5H2,1-4H3,(H,22,23,24)/b14-9+. The molecule has 3 aromatic rings. The molecule has 0 unspecified atom stereocenters. The van der Waals surface area contributed by atoms with Crippen LogP contribution in [0.1, 0.15) is 28.8 Å². The third-order valence-electron chi connectivity index (χ3n) is 4.23. The predicted molar refractivity (Wildman–Crippen MR) is 107 cm³/mol. The maximum atomic E-state index is 12.5. The van der Waals surface area contributed by atoms with E-state index >= 15 is 0 Å². The molecule has 2 aromatic heterocycles. The number of methoxy groups -OCH3 is 1. The molecule has 0 aliphatic carbocycles. The Kier molecular flexibility index (Phi) is 5.28. The topological polar surface area (TPSA) is 88.0 Å². The van der Waals surface area contributed by atoms with Gasteiger partial charge in [0.25, 0.3) is 5.56 Å². The normalized spacial score (nSPS) is 11.4. The first-order valence-electron chi connectivity index (χ1n) is 8.42. The summed E-state index contributed by atoms with van der Waals surface area (Å²) in [5.74, 6) is 1.35. The van der Waals surface area contributed by atoms with Gasteiger partial charge in [0, 0.05) is 10.4 Å². The molecule has 3 rings (SSSR count). The number of allylic oxidation sites excluding steroid dienone is 1. The van der Waals surface area contributed by atoms with Crippen LogP contribution >= 0.6 is 11.3 Å². The van der Waals surface area contributed by atoms with Crippen molar-refractivity contribution in [3.8, 4) is 17.6 Å². The number of hydrogen-bond acceptors (Lipinski definition) is 6. The molecule has 0 saturated carbocycles. The van der Waals surface area contributed by atoms with Crippen LogP contribution < -0.4 is 15.0 Å². The summed E-state index contributed by atoms with van der Waals surface area (Å²) in [4.78, 5) is 21.4. The molecule has 0 bridgehead atoms. The molecule has 138 valence electrons. The van der Waals surface area contributed by atoms with E-state index < -0.39 is 0 Å². The number of nitrogens with one attached hydrogen (secondary N) is 1. The summed E-state index contributed by atoms with van der Waals surface area (Å²) in [5, 5.41) is 10.2. The number of hydrogen-bond donors (Lipinski definition) is 1. The van der Waals surface area contributed by atoms with Gasteiger partial charge in [-0.3, -0.25) is 4.79 Å². The summed E-state index contributed by atoms with van der Waals surface area (Å²) in [6.45, 7) is 6.23. The van der Waals surface area contributed by atoms with Gasteiger partial charge in [0.15, 0.2) is 17.3 Å². The zero-order chi connectivity index (χ0) is 19.6. The average molecular weight is 381 g/mol. The van der Waals surface area contributed by atoms with Crippen LogP contribution in [0.25, 0.3) is 21.9 Å². The summed E-state index contributed by atoms with van der Waals surface area (Å²) in [5.41, 5.74) is 1.59. The molecule has 7 heteroatoms. The fourth-order valence-electron chi connectivity index (χ4n) is 2.83. The fourth-order valence-corrected chi connectivity index (χ4v) is 3.86. The quantitative estimate of drug-likeness (QED) is 0.673. The van der Waals surface area contributed by atoms with Crippen molar-refractivity contribution < 1.29 is 9.47 Å². The molecule has 2 heterocycles. The van der Waals surface area contributed by atoms with Gasteiger partial charge in [-0.05, 0) is 38.5 Å². The second kappa shape index (κ2) is 7.64. The molecular formula is C20H19N3O3S. The Bertz CT molecular complexity index is 1140. The van der Waals surface area contributed by atoms with Gasteiger partial charge in [-0.2, -0.15) is 5.26 Å². The minimum atomic E-state index is -0.243. The van der Waals surface area contributed by atoms with Crippen molar-refractivity contribution in [3.05, 3.63) is 50.4 Å². The maximum Gasteiger partial charge on any atom is 0.260 e. The number of rotatable bonds is 5. The van der Waals surface area contributed by atoms with Crippen LogP contribution in [0.15, 0.2) is 23.0 Å². The molecule has 6 nitrogen and oxygen atoms in total. The molecule has 0 aliphatic heterocycles. The lowest BCUT2D eigenvalue weighted by Gasteiger charge is -2.11. The number of thiophene rings is 1. The zero-order valence-electron chi connectivity index (χ0n) is 15.5. The molecular weight excluding hydrogens is 362 g/mol. The Morgan fingerprint density at radius 3 is 2.85 bits per heavy atom. The molecule has 0 spiro atoms. The number of nitrogens with zero attached hydrogens (tertiary/aromatic N) is 2. The number of aromatic amines is 1. The first kappa shape index (κ1) is 18.7. The van der Waals surface area contributed by atoms with Crippen LogP contribution in [0.2, 0.25) is 0 Å². The lowest BCUT2D eigenvalue weighted by Crippen LogP contribution is -2.10.